The van der Waals surface area contributed by atoms with Crippen LogP contribution in [0.15, 0.2) is 11.6 Å². The van der Waals surface area contributed by atoms with Gasteiger partial charge in [0, 0.05) is 10.2 Å². The number of alkyl halides is 2. The van der Waals surface area contributed by atoms with Crippen LogP contribution in [0.1, 0.15) is 13.8 Å². The van der Waals surface area contributed by atoms with Crippen molar-refractivity contribution < 1.29 is 0 Å². The van der Waals surface area contributed by atoms with Gasteiger partial charge in [0.15, 0.2) is 0 Å². The molecule has 0 bridgehead atoms. The molecule has 0 aromatic heterocycles. The first-order chi connectivity index (χ1) is 3.72. The average molecular weight is 242 g/mol. The second-order valence-corrected chi connectivity index (χ2v) is 3.41. The molecular formula is C6H10Br2. The summed E-state index contributed by atoms with van der Waals surface area (Å²) in [6.45, 7) is 4.16. The molecule has 0 saturated carbocycles. The van der Waals surface area contributed by atoms with E-state index in [1.165, 1.54) is 5.57 Å². The molecule has 2 heteroatoms. The first kappa shape index (κ1) is 8.70. The second kappa shape index (κ2) is 4.57. The molecule has 0 radical (unpaired) electrons. The largest absolute Gasteiger partial charge is 0.0912 e. The van der Waals surface area contributed by atoms with E-state index in [0.717, 1.165) is 5.33 Å². The molecule has 0 fully saturated rings. The van der Waals surface area contributed by atoms with E-state index in [1.54, 1.807) is 0 Å². The Hall–Kier alpha value is 0.700. The van der Waals surface area contributed by atoms with E-state index in [9.17, 15) is 0 Å². The first-order valence-electron chi connectivity index (χ1n) is 2.55. The third-order valence-corrected chi connectivity index (χ3v) is 3.65. The van der Waals surface area contributed by atoms with E-state index >= 15 is 0 Å². The summed E-state index contributed by atoms with van der Waals surface area (Å²) in [4.78, 5) is 0.507. The van der Waals surface area contributed by atoms with Crippen molar-refractivity contribution in [3.63, 3.8) is 0 Å². The molecule has 0 amide bonds. The Balaban J connectivity index is 3.63. The number of halogens is 2. The van der Waals surface area contributed by atoms with E-state index in [4.69, 9.17) is 0 Å². The molecule has 0 aliphatic heterocycles. The fraction of sp³-hybridized carbons (Fsp3) is 0.667. The van der Waals surface area contributed by atoms with Crippen molar-refractivity contribution in [1.82, 2.24) is 0 Å². The summed E-state index contributed by atoms with van der Waals surface area (Å²) < 4.78 is 0. The fourth-order valence-electron chi connectivity index (χ4n) is 0.303. The Morgan fingerprint density at radius 2 is 2.25 bits per heavy atom. The molecule has 0 aliphatic carbocycles. The van der Waals surface area contributed by atoms with Crippen LogP contribution in [0, 0.1) is 0 Å². The van der Waals surface area contributed by atoms with Crippen LogP contribution in [0.5, 0.6) is 0 Å². The van der Waals surface area contributed by atoms with Crippen LogP contribution in [-0.2, 0) is 0 Å². The molecule has 48 valence electrons. The molecule has 0 nitrogen and oxygen atoms in total. The summed E-state index contributed by atoms with van der Waals surface area (Å²) in [5.74, 6) is 0. The van der Waals surface area contributed by atoms with Crippen LogP contribution in [0.2, 0.25) is 0 Å². The van der Waals surface area contributed by atoms with Gasteiger partial charge in [0.2, 0.25) is 0 Å². The number of hydrogen-bond donors (Lipinski definition) is 0. The van der Waals surface area contributed by atoms with E-state index in [1.807, 2.05) is 6.92 Å². The average Bonchev–Trinajstić information content (AvgIpc) is 1.84. The number of allylic oxidation sites excluding steroid dienone is 2. The van der Waals surface area contributed by atoms with E-state index in [2.05, 4.69) is 44.9 Å². The third kappa shape index (κ3) is 2.88. The van der Waals surface area contributed by atoms with Gasteiger partial charge in [-0.3, -0.25) is 0 Å². The molecule has 0 aromatic carbocycles. The molecule has 0 rings (SSSR count). The molecule has 0 heterocycles. The fourth-order valence-corrected chi connectivity index (χ4v) is 1.08. The Labute approximate surface area is 67.6 Å². The van der Waals surface area contributed by atoms with Gasteiger partial charge in [-0.1, -0.05) is 43.5 Å². The molecule has 0 saturated heterocycles. The minimum absolute atomic E-state index is 0.507. The molecule has 0 aliphatic rings. The van der Waals surface area contributed by atoms with Gasteiger partial charge in [-0.05, 0) is 13.8 Å². The first-order valence-corrected chi connectivity index (χ1v) is 4.59. The van der Waals surface area contributed by atoms with Gasteiger partial charge >= 0.3 is 0 Å². The summed E-state index contributed by atoms with van der Waals surface area (Å²) in [6, 6.07) is 0. The van der Waals surface area contributed by atoms with Crippen molar-refractivity contribution >= 4 is 31.9 Å². The van der Waals surface area contributed by atoms with Crippen LogP contribution in [0.4, 0.5) is 0 Å². The van der Waals surface area contributed by atoms with Crippen LogP contribution in [0.3, 0.4) is 0 Å². The van der Waals surface area contributed by atoms with Gasteiger partial charge in [-0.25, -0.2) is 0 Å². The normalized spacial score (nSPS) is 16.2. The standard InChI is InChI=1S/C6H10Br2/c1-3-5(2)6(8)4-7/h3,6H,4H2,1-2H3/b5-3+. The number of hydrogen-bond acceptors (Lipinski definition) is 0. The highest BCUT2D eigenvalue weighted by atomic mass is 79.9. The van der Waals surface area contributed by atoms with Crippen molar-refractivity contribution in [2.24, 2.45) is 0 Å². The van der Waals surface area contributed by atoms with Gasteiger partial charge in [-0.2, -0.15) is 0 Å². The summed E-state index contributed by atoms with van der Waals surface area (Å²) in [5.41, 5.74) is 1.38. The molecule has 1 unspecified atom stereocenters. The minimum atomic E-state index is 0.507. The molecule has 0 N–H and O–H groups in total. The number of rotatable bonds is 2. The lowest BCUT2D eigenvalue weighted by atomic mass is 10.2. The van der Waals surface area contributed by atoms with Gasteiger partial charge in [0.1, 0.15) is 0 Å². The predicted octanol–water partition coefficient (Wildman–Crippen LogP) is 3.11. The van der Waals surface area contributed by atoms with Crippen molar-refractivity contribution in [2.45, 2.75) is 18.7 Å². The highest BCUT2D eigenvalue weighted by molar-refractivity contribution is 9.12. The zero-order valence-electron chi connectivity index (χ0n) is 5.12. The quantitative estimate of drug-likeness (QED) is 0.515. The molecular weight excluding hydrogens is 232 g/mol. The predicted molar refractivity (Wildman–Crippen MR) is 45.9 cm³/mol. The van der Waals surface area contributed by atoms with E-state index in [0.29, 0.717) is 4.83 Å². The van der Waals surface area contributed by atoms with Gasteiger partial charge in [-0.15, -0.1) is 0 Å². The minimum Gasteiger partial charge on any atom is -0.0912 e. The van der Waals surface area contributed by atoms with Gasteiger partial charge in [0.05, 0.1) is 0 Å². The van der Waals surface area contributed by atoms with Crippen LogP contribution in [0.25, 0.3) is 0 Å². The summed E-state index contributed by atoms with van der Waals surface area (Å²) in [7, 11) is 0. The molecule has 0 aromatic rings. The SMILES string of the molecule is C/C=C(\C)C(Br)CBr. The molecule has 1 atom stereocenters. The van der Waals surface area contributed by atoms with Crippen LogP contribution in [-0.4, -0.2) is 10.2 Å². The zero-order chi connectivity index (χ0) is 6.57. The maximum absolute atomic E-state index is 3.49. The summed E-state index contributed by atoms with van der Waals surface area (Å²) >= 11 is 6.86. The second-order valence-electron chi connectivity index (χ2n) is 1.65. The highest BCUT2D eigenvalue weighted by Gasteiger charge is 2.00. The Bertz CT molecular complexity index is 86.5. The topological polar surface area (TPSA) is 0 Å². The van der Waals surface area contributed by atoms with Crippen LogP contribution >= 0.6 is 31.9 Å². The summed E-state index contributed by atoms with van der Waals surface area (Å²) in [6.07, 6.45) is 2.11. The lowest BCUT2D eigenvalue weighted by molar-refractivity contribution is 1.16. The van der Waals surface area contributed by atoms with E-state index in [-0.39, 0.29) is 0 Å². The van der Waals surface area contributed by atoms with Crippen LogP contribution < -0.4 is 0 Å². The maximum atomic E-state index is 3.49. The van der Waals surface area contributed by atoms with Crippen molar-refractivity contribution in [3.8, 4) is 0 Å². The Morgan fingerprint density at radius 3 is 2.38 bits per heavy atom. The van der Waals surface area contributed by atoms with Crippen molar-refractivity contribution in [2.75, 3.05) is 5.33 Å². The van der Waals surface area contributed by atoms with Crippen molar-refractivity contribution in [3.05, 3.63) is 11.6 Å². The third-order valence-electron chi connectivity index (χ3n) is 1.08. The smallest absolute Gasteiger partial charge is 0.0448 e. The van der Waals surface area contributed by atoms with Crippen molar-refractivity contribution in [1.29, 1.82) is 0 Å². The lowest BCUT2D eigenvalue weighted by Crippen LogP contribution is -1.99. The lowest BCUT2D eigenvalue weighted by Gasteiger charge is -2.02. The molecule has 0 spiro atoms. The van der Waals surface area contributed by atoms with Gasteiger partial charge in [0.25, 0.3) is 0 Å². The van der Waals surface area contributed by atoms with Gasteiger partial charge < -0.3 is 0 Å². The summed E-state index contributed by atoms with van der Waals surface area (Å²) in [5, 5.41) is 0.989. The monoisotopic (exact) mass is 240 g/mol. The Morgan fingerprint density at radius 1 is 1.75 bits per heavy atom. The zero-order valence-corrected chi connectivity index (χ0v) is 8.29. The maximum Gasteiger partial charge on any atom is 0.0448 e. The Kier molecular flexibility index (Phi) is 4.97. The molecule has 8 heavy (non-hydrogen) atoms. The van der Waals surface area contributed by atoms with E-state index < -0.39 is 0 Å². The highest BCUT2D eigenvalue weighted by Crippen LogP contribution is 2.13.